The van der Waals surface area contributed by atoms with Crippen LogP contribution >= 0.6 is 23.1 Å². The molecule has 25 heavy (non-hydrogen) atoms. The highest BCUT2D eigenvalue weighted by atomic mass is 32.2. The summed E-state index contributed by atoms with van der Waals surface area (Å²) in [5, 5.41) is 6.20. The van der Waals surface area contributed by atoms with Gasteiger partial charge < -0.3 is 14.5 Å². The van der Waals surface area contributed by atoms with E-state index in [2.05, 4.69) is 15.3 Å². The average molecular weight is 377 g/mol. The van der Waals surface area contributed by atoms with E-state index in [4.69, 9.17) is 9.15 Å². The van der Waals surface area contributed by atoms with Crippen LogP contribution in [0.25, 0.3) is 10.2 Å². The quantitative estimate of drug-likeness (QED) is 0.384. The first-order valence-electron chi connectivity index (χ1n) is 7.44. The molecule has 0 spiro atoms. The maximum absolute atomic E-state index is 12.0. The van der Waals surface area contributed by atoms with Gasteiger partial charge in [-0.25, -0.2) is 9.97 Å². The van der Waals surface area contributed by atoms with E-state index in [0.29, 0.717) is 5.76 Å². The van der Waals surface area contributed by atoms with Crippen molar-refractivity contribution in [3.05, 3.63) is 41.9 Å². The fraction of sp³-hybridized carbons (Fsp3) is 0.250. The van der Waals surface area contributed by atoms with Crippen LogP contribution in [0.4, 0.5) is 0 Å². The molecule has 0 saturated heterocycles. The molecule has 3 rings (SSSR count). The summed E-state index contributed by atoms with van der Waals surface area (Å²) >= 11 is 2.78. The monoisotopic (exact) mass is 377 g/mol. The number of hydrogen-bond acceptors (Lipinski definition) is 8. The van der Waals surface area contributed by atoms with Crippen LogP contribution in [0.2, 0.25) is 0 Å². The molecule has 1 amide bonds. The number of hydrogen-bond donors (Lipinski definition) is 1. The second kappa shape index (κ2) is 8.13. The first kappa shape index (κ1) is 17.4. The SMILES string of the molecule is C[C@@H](OC(=O)CSc1ncnc2sccc12)C(=O)NCc1ccco1. The molecule has 9 heteroatoms. The van der Waals surface area contributed by atoms with Gasteiger partial charge in [0.2, 0.25) is 0 Å². The Bertz CT molecular complexity index is 863. The lowest BCUT2D eigenvalue weighted by atomic mass is 10.3. The Morgan fingerprint density at radius 2 is 2.28 bits per heavy atom. The van der Waals surface area contributed by atoms with Crippen LogP contribution in [0.15, 0.2) is 45.6 Å². The predicted octanol–water partition coefficient (Wildman–Crippen LogP) is 2.62. The van der Waals surface area contributed by atoms with E-state index in [1.54, 1.807) is 12.1 Å². The van der Waals surface area contributed by atoms with Gasteiger partial charge >= 0.3 is 5.97 Å². The normalized spacial score (nSPS) is 12.0. The lowest BCUT2D eigenvalue weighted by Gasteiger charge is -2.12. The molecule has 0 unspecified atom stereocenters. The minimum atomic E-state index is -0.880. The molecule has 1 atom stereocenters. The van der Waals surface area contributed by atoms with Crippen LogP contribution in [-0.4, -0.2) is 33.7 Å². The smallest absolute Gasteiger partial charge is 0.317 e. The van der Waals surface area contributed by atoms with E-state index in [9.17, 15) is 9.59 Å². The molecule has 3 heterocycles. The first-order chi connectivity index (χ1) is 12.1. The van der Waals surface area contributed by atoms with E-state index in [-0.39, 0.29) is 18.2 Å². The summed E-state index contributed by atoms with van der Waals surface area (Å²) in [7, 11) is 0. The van der Waals surface area contributed by atoms with Gasteiger partial charge in [-0.2, -0.15) is 0 Å². The number of furan rings is 1. The Kier molecular flexibility index (Phi) is 5.67. The van der Waals surface area contributed by atoms with Crippen LogP contribution < -0.4 is 5.32 Å². The van der Waals surface area contributed by atoms with Crippen molar-refractivity contribution in [2.75, 3.05) is 5.75 Å². The Labute approximate surface area is 151 Å². The Hall–Kier alpha value is -2.39. The van der Waals surface area contributed by atoms with Gasteiger partial charge in [0.25, 0.3) is 5.91 Å². The minimum absolute atomic E-state index is 0.0672. The summed E-state index contributed by atoms with van der Waals surface area (Å²) in [6.45, 7) is 1.78. The molecule has 3 aromatic heterocycles. The number of aromatic nitrogens is 2. The highest BCUT2D eigenvalue weighted by molar-refractivity contribution is 8.00. The summed E-state index contributed by atoms with van der Waals surface area (Å²) < 4.78 is 10.3. The number of nitrogens with one attached hydrogen (secondary N) is 1. The zero-order chi connectivity index (χ0) is 17.6. The van der Waals surface area contributed by atoms with Crippen molar-refractivity contribution < 1.29 is 18.7 Å². The molecule has 7 nitrogen and oxygen atoms in total. The van der Waals surface area contributed by atoms with E-state index < -0.39 is 12.1 Å². The van der Waals surface area contributed by atoms with Gasteiger partial charge in [-0.15, -0.1) is 11.3 Å². The van der Waals surface area contributed by atoms with Crippen LogP contribution in [-0.2, 0) is 20.9 Å². The van der Waals surface area contributed by atoms with Crippen molar-refractivity contribution in [2.24, 2.45) is 0 Å². The van der Waals surface area contributed by atoms with E-state index >= 15 is 0 Å². The molecule has 130 valence electrons. The number of thioether (sulfide) groups is 1. The van der Waals surface area contributed by atoms with Gasteiger partial charge in [-0.3, -0.25) is 9.59 Å². The van der Waals surface area contributed by atoms with Crippen LogP contribution in [0.1, 0.15) is 12.7 Å². The Balaban J connectivity index is 1.46. The van der Waals surface area contributed by atoms with Gasteiger partial charge in [0, 0.05) is 5.39 Å². The second-order valence-electron chi connectivity index (χ2n) is 5.04. The van der Waals surface area contributed by atoms with Crippen molar-refractivity contribution in [3.63, 3.8) is 0 Å². The summed E-state index contributed by atoms with van der Waals surface area (Å²) in [5.74, 6) is -0.159. The standard InChI is InChI=1S/C16H15N3O4S2/c1-10(14(21)17-7-11-3-2-5-22-11)23-13(20)8-25-16-12-4-6-24-15(12)18-9-19-16/h2-6,9-10H,7-8H2,1H3,(H,17,21)/t10-/m1/s1. The summed E-state index contributed by atoms with van der Waals surface area (Å²) in [6.07, 6.45) is 2.12. The van der Waals surface area contributed by atoms with Gasteiger partial charge in [0.15, 0.2) is 6.10 Å². The zero-order valence-corrected chi connectivity index (χ0v) is 14.9. The molecule has 0 fully saturated rings. The second-order valence-corrected chi connectivity index (χ2v) is 6.89. The van der Waals surface area contributed by atoms with Gasteiger partial charge in [0.1, 0.15) is 21.9 Å². The number of fused-ring (bicyclic) bond motifs is 1. The third-order valence-corrected chi connectivity index (χ3v) is 5.05. The third-order valence-electron chi connectivity index (χ3n) is 3.25. The van der Waals surface area contributed by atoms with Crippen LogP contribution in [0.3, 0.4) is 0 Å². The lowest BCUT2D eigenvalue weighted by Crippen LogP contribution is -2.35. The van der Waals surface area contributed by atoms with Crippen LogP contribution in [0, 0.1) is 0 Å². The zero-order valence-electron chi connectivity index (χ0n) is 13.3. The minimum Gasteiger partial charge on any atom is -0.467 e. The third kappa shape index (κ3) is 4.58. The van der Waals surface area contributed by atoms with E-state index in [0.717, 1.165) is 15.2 Å². The maximum atomic E-state index is 12.0. The van der Waals surface area contributed by atoms with E-state index in [1.807, 2.05) is 11.4 Å². The number of carbonyl (C=O) groups is 2. The average Bonchev–Trinajstić information content (AvgIpc) is 3.29. The molecule has 0 aromatic carbocycles. The largest absolute Gasteiger partial charge is 0.467 e. The summed E-state index contributed by atoms with van der Waals surface area (Å²) in [6, 6.07) is 5.40. The Morgan fingerprint density at radius 3 is 3.08 bits per heavy atom. The van der Waals surface area contributed by atoms with Gasteiger partial charge in [0.05, 0.1) is 18.6 Å². The lowest BCUT2D eigenvalue weighted by molar-refractivity contribution is -0.152. The number of amides is 1. The van der Waals surface area contributed by atoms with E-state index in [1.165, 1.54) is 42.6 Å². The number of rotatable bonds is 7. The van der Waals surface area contributed by atoms with Crippen molar-refractivity contribution >= 4 is 45.2 Å². The predicted molar refractivity (Wildman–Crippen MR) is 94.2 cm³/mol. The van der Waals surface area contributed by atoms with Crippen molar-refractivity contribution in [1.82, 2.24) is 15.3 Å². The Morgan fingerprint density at radius 1 is 1.40 bits per heavy atom. The molecule has 0 saturated carbocycles. The summed E-state index contributed by atoms with van der Waals surface area (Å²) in [4.78, 5) is 33.1. The number of esters is 1. The molecule has 0 aliphatic heterocycles. The number of ether oxygens (including phenoxy) is 1. The molecule has 0 aliphatic carbocycles. The fourth-order valence-corrected chi connectivity index (χ4v) is 3.59. The topological polar surface area (TPSA) is 94.3 Å². The molecule has 0 radical (unpaired) electrons. The molecule has 0 bridgehead atoms. The molecule has 3 aromatic rings. The highest BCUT2D eigenvalue weighted by Gasteiger charge is 2.18. The molecule has 0 aliphatic rings. The van der Waals surface area contributed by atoms with Crippen molar-refractivity contribution in [3.8, 4) is 0 Å². The number of carbonyl (C=O) groups excluding carboxylic acids is 2. The molecular formula is C16H15N3O4S2. The molecular weight excluding hydrogens is 362 g/mol. The number of nitrogens with zero attached hydrogens (tertiary/aromatic N) is 2. The van der Waals surface area contributed by atoms with Gasteiger partial charge in [-0.1, -0.05) is 11.8 Å². The highest BCUT2D eigenvalue weighted by Crippen LogP contribution is 2.27. The maximum Gasteiger partial charge on any atom is 0.317 e. The van der Waals surface area contributed by atoms with Crippen molar-refractivity contribution in [1.29, 1.82) is 0 Å². The summed E-state index contributed by atoms with van der Waals surface area (Å²) in [5.41, 5.74) is 0. The first-order valence-corrected chi connectivity index (χ1v) is 9.30. The molecule has 1 N–H and O–H groups in total. The fourth-order valence-electron chi connectivity index (χ4n) is 2.03. The van der Waals surface area contributed by atoms with Gasteiger partial charge in [-0.05, 0) is 30.5 Å². The number of thiophene rings is 1. The van der Waals surface area contributed by atoms with Crippen molar-refractivity contribution in [2.45, 2.75) is 24.6 Å². The van der Waals surface area contributed by atoms with Crippen LogP contribution in [0.5, 0.6) is 0 Å².